The molecule has 0 unspecified atom stereocenters. The lowest BCUT2D eigenvalue weighted by Crippen LogP contribution is -2.27. The number of carboxylic acid groups (broad SMARTS) is 2. The van der Waals surface area contributed by atoms with Crippen LogP contribution in [0.2, 0.25) is 0 Å². The van der Waals surface area contributed by atoms with Crippen molar-refractivity contribution in [1.82, 2.24) is 4.90 Å². The molecule has 0 bridgehead atoms. The molecule has 2 N–H and O–H groups in total. The molecule has 0 atom stereocenters. The molecule has 32 heavy (non-hydrogen) atoms. The molecule has 160 valence electrons. The highest BCUT2D eigenvalue weighted by Gasteiger charge is 2.32. The van der Waals surface area contributed by atoms with Crippen LogP contribution in [0.1, 0.15) is 32.0 Å². The monoisotopic (exact) mass is 465 g/mol. The van der Waals surface area contributed by atoms with Crippen LogP contribution < -0.4 is 0 Å². The van der Waals surface area contributed by atoms with E-state index in [-0.39, 0.29) is 22.8 Å². The molecule has 0 radical (unpaired) electrons. The highest BCUT2D eigenvalue weighted by atomic mass is 32.2. The molecule has 0 aliphatic carbocycles. The number of amides is 1. The van der Waals surface area contributed by atoms with Crippen LogP contribution >= 0.6 is 24.0 Å². The highest BCUT2D eigenvalue weighted by molar-refractivity contribution is 8.26. The Morgan fingerprint density at radius 2 is 1.66 bits per heavy atom. The SMILES string of the molecule is O=C(O)c1cc(C(=O)O)cc(-c2ccc(/C=C3\SC(=S)N(Cc4ccccc4)C3=O)o2)c1. The van der Waals surface area contributed by atoms with E-state index in [0.29, 0.717) is 27.1 Å². The van der Waals surface area contributed by atoms with E-state index in [9.17, 15) is 24.6 Å². The standard InChI is InChI=1S/C23H15NO6S2/c25-20-19(32-23(31)24(20)12-13-4-2-1-3-5-13)11-17-6-7-18(30-17)14-8-15(21(26)27)10-16(9-14)22(28)29/h1-11H,12H2,(H,26,27)(H,28,29)/b19-11-. The predicted octanol–water partition coefficient (Wildman–Crippen LogP) is 4.74. The lowest BCUT2D eigenvalue weighted by atomic mass is 10.0. The summed E-state index contributed by atoms with van der Waals surface area (Å²) in [7, 11) is 0. The summed E-state index contributed by atoms with van der Waals surface area (Å²) in [6.45, 7) is 0.367. The molecule has 7 nitrogen and oxygen atoms in total. The first-order chi connectivity index (χ1) is 15.3. The van der Waals surface area contributed by atoms with Gasteiger partial charge in [0.2, 0.25) is 0 Å². The van der Waals surface area contributed by atoms with Crippen molar-refractivity contribution in [2.24, 2.45) is 0 Å². The van der Waals surface area contributed by atoms with E-state index in [1.165, 1.54) is 28.8 Å². The first-order valence-corrected chi connectivity index (χ1v) is 10.6. The zero-order valence-corrected chi connectivity index (χ0v) is 18.0. The number of hydrogen-bond acceptors (Lipinski definition) is 6. The predicted molar refractivity (Wildman–Crippen MR) is 123 cm³/mol. The number of furan rings is 1. The zero-order valence-electron chi connectivity index (χ0n) is 16.3. The third kappa shape index (κ3) is 4.48. The molecule has 1 amide bonds. The van der Waals surface area contributed by atoms with Crippen LogP contribution in [0.25, 0.3) is 17.4 Å². The van der Waals surface area contributed by atoms with Crippen LogP contribution in [0, 0.1) is 0 Å². The summed E-state index contributed by atoms with van der Waals surface area (Å²) < 4.78 is 6.19. The largest absolute Gasteiger partial charge is 0.478 e. The summed E-state index contributed by atoms with van der Waals surface area (Å²) in [5.74, 6) is -2.09. The first kappa shape index (κ1) is 21.5. The summed E-state index contributed by atoms with van der Waals surface area (Å²) >= 11 is 6.52. The maximum Gasteiger partial charge on any atom is 0.335 e. The Balaban J connectivity index is 1.59. The number of thiocarbonyl (C=S) groups is 1. The van der Waals surface area contributed by atoms with Crippen LogP contribution in [-0.4, -0.2) is 37.3 Å². The molecule has 1 aliphatic rings. The van der Waals surface area contributed by atoms with E-state index in [1.807, 2.05) is 30.3 Å². The average Bonchev–Trinajstić information content (AvgIpc) is 3.34. The molecule has 4 rings (SSSR count). The third-order valence-electron chi connectivity index (χ3n) is 4.67. The van der Waals surface area contributed by atoms with Gasteiger partial charge in [-0.05, 0) is 35.9 Å². The van der Waals surface area contributed by atoms with E-state index < -0.39 is 11.9 Å². The minimum absolute atomic E-state index is 0.167. The van der Waals surface area contributed by atoms with E-state index in [4.69, 9.17) is 16.6 Å². The quantitative estimate of drug-likeness (QED) is 0.397. The van der Waals surface area contributed by atoms with Crippen LogP contribution in [0.5, 0.6) is 0 Å². The maximum atomic E-state index is 12.8. The Morgan fingerprint density at radius 1 is 1.00 bits per heavy atom. The fourth-order valence-corrected chi connectivity index (χ4v) is 4.37. The summed E-state index contributed by atoms with van der Waals surface area (Å²) in [4.78, 5) is 37.4. The van der Waals surface area contributed by atoms with Crippen molar-refractivity contribution in [3.8, 4) is 11.3 Å². The number of carboxylic acids is 2. The summed E-state index contributed by atoms with van der Waals surface area (Å²) in [6.07, 6.45) is 1.56. The van der Waals surface area contributed by atoms with Gasteiger partial charge in [0.05, 0.1) is 22.6 Å². The first-order valence-electron chi connectivity index (χ1n) is 9.33. The van der Waals surface area contributed by atoms with Gasteiger partial charge in [0.1, 0.15) is 15.8 Å². The molecule has 0 saturated carbocycles. The van der Waals surface area contributed by atoms with Gasteiger partial charge in [0.25, 0.3) is 5.91 Å². The number of thioether (sulfide) groups is 1. The van der Waals surface area contributed by atoms with Gasteiger partial charge in [0, 0.05) is 11.6 Å². The van der Waals surface area contributed by atoms with Crippen molar-refractivity contribution in [2.75, 3.05) is 0 Å². The molecule has 1 aliphatic heterocycles. The van der Waals surface area contributed by atoms with Gasteiger partial charge >= 0.3 is 11.9 Å². The third-order valence-corrected chi connectivity index (χ3v) is 6.05. The molecule has 1 fully saturated rings. The number of carbonyl (C=O) groups excluding carboxylic acids is 1. The number of rotatable bonds is 6. The van der Waals surface area contributed by atoms with Crippen molar-refractivity contribution in [3.05, 3.63) is 88.0 Å². The number of carbonyl (C=O) groups is 3. The van der Waals surface area contributed by atoms with E-state index >= 15 is 0 Å². The molecular weight excluding hydrogens is 450 g/mol. The zero-order chi connectivity index (χ0) is 22.8. The van der Waals surface area contributed by atoms with Gasteiger partial charge in [-0.1, -0.05) is 54.3 Å². The summed E-state index contributed by atoms with van der Waals surface area (Å²) in [5.41, 5.74) is 0.927. The fourth-order valence-electron chi connectivity index (χ4n) is 3.13. The van der Waals surface area contributed by atoms with Crippen LogP contribution in [0.15, 0.2) is 70.0 Å². The Bertz CT molecular complexity index is 1250. The van der Waals surface area contributed by atoms with Crippen molar-refractivity contribution >= 4 is 52.2 Å². The molecule has 9 heteroatoms. The van der Waals surface area contributed by atoms with Crippen molar-refractivity contribution < 1.29 is 29.0 Å². The minimum Gasteiger partial charge on any atom is -0.478 e. The molecule has 1 saturated heterocycles. The number of benzene rings is 2. The van der Waals surface area contributed by atoms with Crippen molar-refractivity contribution in [3.63, 3.8) is 0 Å². The fraction of sp³-hybridized carbons (Fsp3) is 0.0435. The topological polar surface area (TPSA) is 108 Å². The normalized spacial score (nSPS) is 14.9. The second-order valence-corrected chi connectivity index (χ2v) is 8.54. The summed E-state index contributed by atoms with van der Waals surface area (Å²) in [5, 5.41) is 18.5. The van der Waals surface area contributed by atoms with Gasteiger partial charge < -0.3 is 14.6 Å². The minimum atomic E-state index is -1.25. The second kappa shape index (κ2) is 8.81. The Hall–Kier alpha value is -3.69. The molecule has 3 aromatic rings. The molecule has 2 heterocycles. The van der Waals surface area contributed by atoms with Crippen molar-refractivity contribution in [1.29, 1.82) is 0 Å². The lowest BCUT2D eigenvalue weighted by molar-refractivity contribution is -0.122. The van der Waals surface area contributed by atoms with Crippen LogP contribution in [-0.2, 0) is 11.3 Å². The van der Waals surface area contributed by atoms with Gasteiger partial charge in [-0.3, -0.25) is 9.69 Å². The molecular formula is C23H15NO6S2. The Morgan fingerprint density at radius 3 is 2.28 bits per heavy atom. The number of aromatic carboxylic acids is 2. The molecule has 1 aromatic heterocycles. The van der Waals surface area contributed by atoms with Crippen LogP contribution in [0.4, 0.5) is 0 Å². The van der Waals surface area contributed by atoms with Gasteiger partial charge in [-0.2, -0.15) is 0 Å². The van der Waals surface area contributed by atoms with Gasteiger partial charge in [-0.15, -0.1) is 0 Å². The number of hydrogen-bond donors (Lipinski definition) is 2. The van der Waals surface area contributed by atoms with E-state index in [2.05, 4.69) is 0 Å². The Labute approximate surface area is 192 Å². The second-order valence-electron chi connectivity index (χ2n) is 6.86. The van der Waals surface area contributed by atoms with Gasteiger partial charge in [0.15, 0.2) is 0 Å². The van der Waals surface area contributed by atoms with Crippen LogP contribution in [0.3, 0.4) is 0 Å². The summed E-state index contributed by atoms with van der Waals surface area (Å²) in [6, 6.07) is 16.5. The highest BCUT2D eigenvalue weighted by Crippen LogP contribution is 2.34. The van der Waals surface area contributed by atoms with Crippen molar-refractivity contribution in [2.45, 2.75) is 6.54 Å². The Kier molecular flexibility index (Phi) is 5.93. The lowest BCUT2D eigenvalue weighted by Gasteiger charge is -2.14. The molecule has 0 spiro atoms. The van der Waals surface area contributed by atoms with Gasteiger partial charge in [-0.25, -0.2) is 9.59 Å². The maximum absolute atomic E-state index is 12.8. The van der Waals surface area contributed by atoms with E-state index in [0.717, 1.165) is 11.6 Å². The molecule has 2 aromatic carbocycles. The average molecular weight is 466 g/mol. The number of nitrogens with zero attached hydrogens (tertiary/aromatic N) is 1. The van der Waals surface area contributed by atoms with E-state index in [1.54, 1.807) is 18.2 Å². The smallest absolute Gasteiger partial charge is 0.335 e.